The first-order chi connectivity index (χ1) is 18.5. The molecule has 1 aliphatic rings. The third-order valence-electron chi connectivity index (χ3n) is 7.48. The molecule has 0 amide bonds. The number of carbonyl (C=O) groups excluding carboxylic acids is 1. The van der Waals surface area contributed by atoms with Crippen molar-refractivity contribution in [2.75, 3.05) is 19.6 Å². The van der Waals surface area contributed by atoms with Gasteiger partial charge in [-0.1, -0.05) is 62.4 Å². The number of carbonyl (C=O) groups is 1. The molecule has 1 aliphatic heterocycles. The predicted octanol–water partition coefficient (Wildman–Crippen LogP) is 6.56. The average Bonchev–Trinajstić information content (AvgIpc) is 3.58. The standard InChI is InChI=1S/C33H40N4O/c1-25(2)22-30(38)18-17-27-8-5-10-29(23-27)31-11-6-12-33-34-32(35-37(31)33)24-28-15-13-26(14-16-28)9-7-21-36-19-3-4-20-36/h5-6,8,10-16,23,25H,3-4,7,9,17-22,24H2,1-2H3. The summed E-state index contributed by atoms with van der Waals surface area (Å²) >= 11 is 0. The van der Waals surface area contributed by atoms with Gasteiger partial charge in [-0.2, -0.15) is 5.10 Å². The Morgan fingerprint density at radius 3 is 2.45 bits per heavy atom. The molecule has 0 N–H and O–H groups in total. The summed E-state index contributed by atoms with van der Waals surface area (Å²) in [6.45, 7) is 7.96. The lowest BCUT2D eigenvalue weighted by atomic mass is 9.99. The zero-order chi connectivity index (χ0) is 26.3. The van der Waals surface area contributed by atoms with Crippen LogP contribution in [0.5, 0.6) is 0 Å². The number of benzene rings is 2. The van der Waals surface area contributed by atoms with Gasteiger partial charge in [-0.15, -0.1) is 0 Å². The third-order valence-corrected chi connectivity index (χ3v) is 7.48. The van der Waals surface area contributed by atoms with E-state index in [1.807, 2.05) is 16.6 Å². The van der Waals surface area contributed by atoms with Crippen molar-refractivity contribution in [2.24, 2.45) is 5.92 Å². The van der Waals surface area contributed by atoms with E-state index < -0.39 is 0 Å². The maximum atomic E-state index is 12.2. The number of hydrogen-bond donors (Lipinski definition) is 0. The van der Waals surface area contributed by atoms with Gasteiger partial charge in [-0.3, -0.25) is 4.79 Å². The average molecular weight is 509 g/mol. The van der Waals surface area contributed by atoms with E-state index in [-0.39, 0.29) is 0 Å². The van der Waals surface area contributed by atoms with Crippen molar-refractivity contribution >= 4 is 11.4 Å². The Bertz CT molecular complexity index is 1350. The molecular formula is C33H40N4O. The van der Waals surface area contributed by atoms with Crippen molar-refractivity contribution in [3.63, 3.8) is 0 Å². The summed E-state index contributed by atoms with van der Waals surface area (Å²) in [5, 5.41) is 4.88. The van der Waals surface area contributed by atoms with E-state index in [2.05, 4.69) is 73.3 Å². The molecule has 5 nitrogen and oxygen atoms in total. The van der Waals surface area contributed by atoms with E-state index >= 15 is 0 Å². The Balaban J connectivity index is 1.24. The molecule has 1 saturated heterocycles. The number of ketones is 1. The van der Waals surface area contributed by atoms with E-state index in [1.54, 1.807) is 0 Å². The number of rotatable bonds is 12. The van der Waals surface area contributed by atoms with E-state index in [0.717, 1.165) is 35.6 Å². The lowest BCUT2D eigenvalue weighted by Crippen LogP contribution is -2.20. The molecule has 0 aliphatic carbocycles. The van der Waals surface area contributed by atoms with Crippen LogP contribution in [0, 0.1) is 5.92 Å². The summed E-state index contributed by atoms with van der Waals surface area (Å²) < 4.78 is 1.95. The van der Waals surface area contributed by atoms with E-state index in [9.17, 15) is 4.79 Å². The van der Waals surface area contributed by atoms with Crippen molar-refractivity contribution in [1.82, 2.24) is 19.5 Å². The van der Waals surface area contributed by atoms with Gasteiger partial charge in [0.1, 0.15) is 5.78 Å². The lowest BCUT2D eigenvalue weighted by Gasteiger charge is -2.13. The summed E-state index contributed by atoms with van der Waals surface area (Å²) in [6.07, 6.45) is 7.82. The minimum absolute atomic E-state index is 0.337. The van der Waals surface area contributed by atoms with Crippen LogP contribution in [-0.4, -0.2) is 44.9 Å². The fourth-order valence-corrected chi connectivity index (χ4v) is 5.49. The van der Waals surface area contributed by atoms with E-state index in [4.69, 9.17) is 10.1 Å². The molecule has 4 aromatic rings. The molecule has 0 spiro atoms. The number of likely N-dealkylation sites (tertiary alicyclic amines) is 1. The molecule has 1 fully saturated rings. The van der Waals surface area contributed by atoms with Crippen LogP contribution in [0.2, 0.25) is 0 Å². The highest BCUT2D eigenvalue weighted by Crippen LogP contribution is 2.23. The second kappa shape index (κ2) is 12.5. The molecule has 5 rings (SSSR count). The van der Waals surface area contributed by atoms with Crippen LogP contribution in [0.15, 0.2) is 66.7 Å². The SMILES string of the molecule is CC(C)CC(=O)CCc1cccc(-c2cccc3nc(Cc4ccc(CCCN5CCCC5)cc4)nn23)c1. The van der Waals surface area contributed by atoms with Gasteiger partial charge in [0, 0.05) is 24.8 Å². The van der Waals surface area contributed by atoms with Crippen LogP contribution in [0.4, 0.5) is 0 Å². The summed E-state index contributed by atoms with van der Waals surface area (Å²) in [7, 11) is 0. The van der Waals surface area contributed by atoms with Crippen molar-refractivity contribution in [3.8, 4) is 11.3 Å². The highest BCUT2D eigenvalue weighted by Gasteiger charge is 2.12. The van der Waals surface area contributed by atoms with Crippen molar-refractivity contribution in [2.45, 2.75) is 65.2 Å². The molecule has 0 bridgehead atoms. The molecule has 2 aromatic heterocycles. The molecule has 0 unspecified atom stereocenters. The first-order valence-corrected chi connectivity index (χ1v) is 14.3. The largest absolute Gasteiger partial charge is 0.303 e. The van der Waals surface area contributed by atoms with Crippen molar-refractivity contribution in [1.29, 1.82) is 0 Å². The zero-order valence-corrected chi connectivity index (χ0v) is 22.9. The van der Waals surface area contributed by atoms with Gasteiger partial charge in [0.25, 0.3) is 0 Å². The minimum atomic E-state index is 0.337. The first-order valence-electron chi connectivity index (χ1n) is 14.3. The Morgan fingerprint density at radius 1 is 0.895 bits per heavy atom. The topological polar surface area (TPSA) is 50.5 Å². The maximum absolute atomic E-state index is 12.2. The van der Waals surface area contributed by atoms with E-state index in [1.165, 1.54) is 55.6 Å². The molecule has 5 heteroatoms. The summed E-state index contributed by atoms with van der Waals surface area (Å²) in [5.74, 6) is 1.58. The Morgan fingerprint density at radius 2 is 1.66 bits per heavy atom. The smallest absolute Gasteiger partial charge is 0.156 e. The summed E-state index contributed by atoms with van der Waals surface area (Å²) in [6, 6.07) is 23.6. The van der Waals surface area contributed by atoms with Gasteiger partial charge in [-0.25, -0.2) is 9.50 Å². The normalized spacial score (nSPS) is 14.1. The molecule has 198 valence electrons. The second-order valence-electron chi connectivity index (χ2n) is 11.2. The maximum Gasteiger partial charge on any atom is 0.156 e. The van der Waals surface area contributed by atoms with Gasteiger partial charge in [-0.05, 0) is 92.5 Å². The third kappa shape index (κ3) is 6.96. The number of nitrogens with zero attached hydrogens (tertiary/aromatic N) is 4. The first kappa shape index (κ1) is 26.3. The Kier molecular flexibility index (Phi) is 8.65. The van der Waals surface area contributed by atoms with Gasteiger partial charge in [0.15, 0.2) is 11.5 Å². The van der Waals surface area contributed by atoms with Gasteiger partial charge < -0.3 is 4.90 Å². The van der Waals surface area contributed by atoms with Crippen LogP contribution >= 0.6 is 0 Å². The number of hydrogen-bond acceptors (Lipinski definition) is 4. The monoisotopic (exact) mass is 508 g/mol. The summed E-state index contributed by atoms with van der Waals surface area (Å²) in [5.41, 5.74) is 6.79. The number of pyridine rings is 1. The van der Waals surface area contributed by atoms with Crippen LogP contribution in [0.25, 0.3) is 16.9 Å². The molecule has 2 aromatic carbocycles. The fourth-order valence-electron chi connectivity index (χ4n) is 5.49. The molecule has 0 radical (unpaired) electrons. The fraction of sp³-hybridized carbons (Fsp3) is 0.424. The lowest BCUT2D eigenvalue weighted by molar-refractivity contribution is -0.119. The van der Waals surface area contributed by atoms with Crippen LogP contribution in [0.3, 0.4) is 0 Å². The van der Waals surface area contributed by atoms with Crippen LogP contribution < -0.4 is 0 Å². The molecule has 0 atom stereocenters. The van der Waals surface area contributed by atoms with Crippen molar-refractivity contribution < 1.29 is 4.79 Å². The predicted molar refractivity (Wildman–Crippen MR) is 154 cm³/mol. The van der Waals surface area contributed by atoms with Gasteiger partial charge >= 0.3 is 0 Å². The molecule has 3 heterocycles. The molecule has 0 saturated carbocycles. The highest BCUT2D eigenvalue weighted by atomic mass is 16.1. The second-order valence-corrected chi connectivity index (χ2v) is 11.2. The minimum Gasteiger partial charge on any atom is -0.303 e. The Labute approximate surface area is 226 Å². The quantitative estimate of drug-likeness (QED) is 0.217. The number of Topliss-reactive ketones (excluding diaryl/α,β-unsaturated/α-hetero) is 1. The van der Waals surface area contributed by atoms with Crippen LogP contribution in [-0.2, 0) is 24.1 Å². The summed E-state index contributed by atoms with van der Waals surface area (Å²) in [4.78, 5) is 19.6. The molecular weight excluding hydrogens is 468 g/mol. The number of aromatic nitrogens is 3. The number of fused-ring (bicyclic) bond motifs is 1. The number of aryl methyl sites for hydroxylation is 2. The van der Waals surface area contributed by atoms with Gasteiger partial charge in [0.05, 0.1) is 5.69 Å². The highest BCUT2D eigenvalue weighted by molar-refractivity contribution is 5.78. The zero-order valence-electron chi connectivity index (χ0n) is 22.9. The van der Waals surface area contributed by atoms with Crippen molar-refractivity contribution in [3.05, 3.63) is 89.2 Å². The molecule has 38 heavy (non-hydrogen) atoms. The Hall–Kier alpha value is -3.31. The van der Waals surface area contributed by atoms with Crippen LogP contribution in [0.1, 0.15) is 68.5 Å². The van der Waals surface area contributed by atoms with Gasteiger partial charge in [0.2, 0.25) is 0 Å². The van der Waals surface area contributed by atoms with E-state index in [0.29, 0.717) is 31.0 Å².